The lowest BCUT2D eigenvalue weighted by molar-refractivity contribution is -0.527. The highest BCUT2D eigenvalue weighted by Gasteiger charge is 2.34. The van der Waals surface area contributed by atoms with Crippen LogP contribution in [0.4, 0.5) is 5.13 Å². The van der Waals surface area contributed by atoms with Gasteiger partial charge in [-0.1, -0.05) is 82.6 Å². The second-order valence-electron chi connectivity index (χ2n) is 13.4. The Morgan fingerprint density at radius 2 is 1.41 bits per heavy atom. The zero-order chi connectivity index (χ0) is 38.8. The number of Topliss-reactive ketones (excluding diaryl/α,β-unsaturated/α-hetero) is 1. The molecule has 1 aliphatic heterocycles. The van der Waals surface area contributed by atoms with Crippen LogP contribution in [0.1, 0.15) is 95.1 Å². The van der Waals surface area contributed by atoms with E-state index in [0.717, 1.165) is 97.6 Å². The number of phenols is 4. The van der Waals surface area contributed by atoms with E-state index in [0.29, 0.717) is 10.8 Å². The lowest BCUT2D eigenvalue weighted by Crippen LogP contribution is -2.33. The molecule has 12 heteroatoms. The summed E-state index contributed by atoms with van der Waals surface area (Å²) >= 11 is 3.12. The van der Waals surface area contributed by atoms with Crippen molar-refractivity contribution in [2.24, 2.45) is 4.99 Å². The first-order valence-electron chi connectivity index (χ1n) is 18.8. The molecule has 0 fully saturated rings. The molecule has 4 N–H and O–H groups in total. The van der Waals surface area contributed by atoms with Crippen LogP contribution >= 0.6 is 23.1 Å². The van der Waals surface area contributed by atoms with Gasteiger partial charge in [0.15, 0.2) is 17.1 Å². The van der Waals surface area contributed by atoms with Gasteiger partial charge in [0.2, 0.25) is 0 Å². The Morgan fingerprint density at radius 3 is 1.98 bits per heavy atom. The summed E-state index contributed by atoms with van der Waals surface area (Å²) in [6.07, 6.45) is 19.4. The van der Waals surface area contributed by atoms with Gasteiger partial charge in [-0.15, -0.1) is 0 Å². The van der Waals surface area contributed by atoms with Gasteiger partial charge < -0.3 is 30.4 Å². The molecule has 54 heavy (non-hydrogen) atoms. The number of thioether (sulfide) groups is 1. The van der Waals surface area contributed by atoms with Crippen LogP contribution in [0.5, 0.6) is 23.0 Å². The van der Waals surface area contributed by atoms with Crippen molar-refractivity contribution in [2.45, 2.75) is 79.1 Å². The van der Waals surface area contributed by atoms with Gasteiger partial charge in [-0.3, -0.25) is 9.37 Å². The van der Waals surface area contributed by atoms with Gasteiger partial charge in [0.05, 0.1) is 28.8 Å². The van der Waals surface area contributed by atoms with E-state index in [2.05, 4.69) is 47.1 Å². The minimum Gasteiger partial charge on any atom is -0.871 e. The number of nitrogens with zero attached hydrogens (tertiary/aromatic N) is 4. The molecule has 0 saturated heterocycles. The Hall–Kier alpha value is -4.81. The Kier molecular flexibility index (Phi) is 14.2. The summed E-state index contributed by atoms with van der Waals surface area (Å²) in [5.41, 5.74) is -0.672. The second-order valence-corrected chi connectivity index (χ2v) is 15.5. The highest BCUT2D eigenvalue weighted by Crippen LogP contribution is 2.44. The number of hydrogen-bond donors (Lipinski definition) is 4. The summed E-state index contributed by atoms with van der Waals surface area (Å²) in [4.78, 5) is 26.7. The Labute approximate surface area is 325 Å². The molecular formula is C42H50N4O6S2. The van der Waals surface area contributed by atoms with Gasteiger partial charge in [0.1, 0.15) is 23.0 Å². The highest BCUT2D eigenvalue weighted by molar-refractivity contribution is 8.18. The average Bonchev–Trinajstić information content (AvgIpc) is 3.83. The van der Waals surface area contributed by atoms with E-state index in [9.17, 15) is 30.3 Å². The highest BCUT2D eigenvalue weighted by atomic mass is 32.2. The molecule has 3 aromatic rings. The Balaban J connectivity index is 1.36. The SMILES string of the molecule is CCCCN(CCCC)c1ncc(/C=C/c2cc(O)c(C3=C([O-])C(=c4c(O)cc(=C/C=C5\C=NC(=[N+](CCCC)CCCC)S5)cc4O)C3=O)c(O)c2)s1. The largest absolute Gasteiger partial charge is 0.871 e. The molecule has 286 valence electrons. The zero-order valence-corrected chi connectivity index (χ0v) is 33.1. The number of aromatic hydroxyl groups is 4. The fraction of sp³-hybridized carbons (Fsp3) is 0.381. The van der Waals surface area contributed by atoms with Gasteiger partial charge in [0.25, 0.3) is 0 Å². The molecular weight excluding hydrogens is 721 g/mol. The van der Waals surface area contributed by atoms with E-state index < -0.39 is 45.7 Å². The number of rotatable bonds is 17. The monoisotopic (exact) mass is 770 g/mol. The van der Waals surface area contributed by atoms with Gasteiger partial charge >= 0.3 is 5.17 Å². The van der Waals surface area contributed by atoms with E-state index in [-0.39, 0.29) is 10.8 Å². The fourth-order valence-electron chi connectivity index (χ4n) is 6.18. The molecule has 10 nitrogen and oxygen atoms in total. The molecule has 0 amide bonds. The summed E-state index contributed by atoms with van der Waals surface area (Å²) in [5, 5.41) is 59.0. The molecule has 0 bridgehead atoms. The maximum Gasteiger partial charge on any atom is 0.359 e. The van der Waals surface area contributed by atoms with Crippen molar-refractivity contribution >= 4 is 74.8 Å². The molecule has 1 aliphatic carbocycles. The summed E-state index contributed by atoms with van der Waals surface area (Å²) in [6.45, 7) is 12.4. The summed E-state index contributed by atoms with van der Waals surface area (Å²) in [6, 6.07) is 5.46. The molecule has 2 aliphatic rings. The van der Waals surface area contributed by atoms with Crippen LogP contribution in [-0.2, 0) is 4.79 Å². The third-order valence-corrected chi connectivity index (χ3v) is 11.3. The number of carbonyl (C=O) groups excluding carboxylic acids is 1. The van der Waals surface area contributed by atoms with Gasteiger partial charge in [-0.25, -0.2) is 4.98 Å². The molecule has 0 spiro atoms. The second kappa shape index (κ2) is 19.0. The van der Waals surface area contributed by atoms with Crippen molar-refractivity contribution in [3.8, 4) is 23.0 Å². The Morgan fingerprint density at radius 1 is 0.796 bits per heavy atom. The van der Waals surface area contributed by atoms with E-state index in [1.165, 1.54) is 24.3 Å². The maximum atomic E-state index is 13.4. The Bertz CT molecular complexity index is 2080. The predicted molar refractivity (Wildman–Crippen MR) is 221 cm³/mol. The van der Waals surface area contributed by atoms with Crippen LogP contribution in [0.3, 0.4) is 0 Å². The number of anilines is 1. The molecule has 2 heterocycles. The normalized spacial score (nSPS) is 14.9. The minimum absolute atomic E-state index is 0.293. The molecule has 2 aromatic carbocycles. The van der Waals surface area contributed by atoms with E-state index in [4.69, 9.17) is 0 Å². The number of aromatic nitrogens is 1. The van der Waals surface area contributed by atoms with Gasteiger partial charge in [-0.05, 0) is 77.9 Å². The number of allylic oxidation sites excluding steroid dienone is 4. The van der Waals surface area contributed by atoms with Crippen molar-refractivity contribution in [1.29, 1.82) is 0 Å². The van der Waals surface area contributed by atoms with Crippen LogP contribution < -0.4 is 20.4 Å². The number of phenolic OH excluding ortho intramolecular Hbond substituents is 4. The molecule has 0 atom stereocenters. The topological polar surface area (TPSA) is 153 Å². The summed E-state index contributed by atoms with van der Waals surface area (Å²) < 4.78 is 2.30. The average molecular weight is 771 g/mol. The number of unbranched alkanes of at least 4 members (excludes halogenated alkanes) is 4. The van der Waals surface area contributed by atoms with Gasteiger partial charge in [0, 0.05) is 47.1 Å². The van der Waals surface area contributed by atoms with E-state index in [1.807, 2.05) is 12.2 Å². The van der Waals surface area contributed by atoms with Crippen molar-refractivity contribution in [3.05, 3.63) is 73.6 Å². The third kappa shape index (κ3) is 9.46. The first kappa shape index (κ1) is 40.4. The van der Waals surface area contributed by atoms with Crippen molar-refractivity contribution in [2.75, 3.05) is 31.1 Å². The number of hydrogen-bond acceptors (Lipinski definition) is 10. The van der Waals surface area contributed by atoms with Crippen LogP contribution in [-0.4, -0.2) is 73.3 Å². The molecule has 0 unspecified atom stereocenters. The van der Waals surface area contributed by atoms with Crippen LogP contribution in [0, 0.1) is 0 Å². The standard InChI is InChI=1S/C42H50N4O6S2/c1-5-9-17-45(18-10-6-2)41-43-25-29(53-41)15-13-27-21-31(47)35(32(48)22-27)37-39(51)38(40(37)52)36-33(49)23-28(24-34(36)50)14-16-30-26-44-42(54-30)46(19-11-7-3)20-12-8-4/h13-16,21-26H,5-12,17-20H2,1-4H3,(H4,47,48,49,50,51,52)/b15-13+. The molecule has 0 radical (unpaired) electrons. The molecule has 0 saturated carbocycles. The number of aliphatic imine (C=N–C) groups is 1. The predicted octanol–water partition coefficient (Wildman–Crippen LogP) is 6.50. The van der Waals surface area contributed by atoms with Crippen LogP contribution in [0.15, 0.2) is 52.2 Å². The van der Waals surface area contributed by atoms with Crippen LogP contribution in [0.2, 0.25) is 0 Å². The van der Waals surface area contributed by atoms with Crippen molar-refractivity contribution in [1.82, 2.24) is 4.98 Å². The lowest BCUT2D eigenvalue weighted by atomic mass is 9.81. The van der Waals surface area contributed by atoms with Crippen molar-refractivity contribution < 1.29 is 34.9 Å². The van der Waals surface area contributed by atoms with Crippen LogP contribution in [0.25, 0.3) is 29.4 Å². The smallest absolute Gasteiger partial charge is 0.359 e. The van der Waals surface area contributed by atoms with E-state index >= 15 is 0 Å². The molecule has 1 aromatic heterocycles. The minimum atomic E-state index is -0.802. The first-order valence-corrected chi connectivity index (χ1v) is 20.5. The number of amidine groups is 1. The van der Waals surface area contributed by atoms with Crippen molar-refractivity contribution in [3.63, 3.8) is 0 Å². The maximum absolute atomic E-state index is 13.4. The first-order chi connectivity index (χ1) is 26.1. The number of thiazole rings is 1. The number of ketones is 1. The summed E-state index contributed by atoms with van der Waals surface area (Å²) in [7, 11) is 0. The van der Waals surface area contributed by atoms with E-state index in [1.54, 1.807) is 47.7 Å². The molecule has 5 rings (SSSR count). The zero-order valence-electron chi connectivity index (χ0n) is 31.5. The number of carbonyl (C=O) groups is 1. The lowest BCUT2D eigenvalue weighted by Gasteiger charge is -2.31. The van der Waals surface area contributed by atoms with Gasteiger partial charge in [-0.2, -0.15) is 0 Å². The third-order valence-electron chi connectivity index (χ3n) is 9.22. The quantitative estimate of drug-likeness (QED) is 0.113. The summed E-state index contributed by atoms with van der Waals surface area (Å²) in [5.74, 6) is -3.38. The number of benzene rings is 2. The fourth-order valence-corrected chi connectivity index (χ4v) is 7.92.